The SMILES string of the molecule is CCC1CCC(C2COc3c(cc(F)c(-c4cc(F)c(C(F)(F)Oc5cc(F)c(OC(F)(F)F)c(F)c5)c(F)c4)c3F)C2)CC1. The van der Waals surface area contributed by atoms with Gasteiger partial charge in [-0.15, -0.1) is 13.2 Å². The predicted octanol–water partition coefficient (Wildman–Crippen LogP) is 9.98. The molecule has 1 aliphatic carbocycles. The number of halogens is 11. The second-order valence-electron chi connectivity index (χ2n) is 11.2. The second-order valence-corrected chi connectivity index (χ2v) is 11.2. The van der Waals surface area contributed by atoms with Gasteiger partial charge in [-0.25, -0.2) is 26.3 Å². The van der Waals surface area contributed by atoms with Gasteiger partial charge in [-0.05, 0) is 60.8 Å². The first-order valence-electron chi connectivity index (χ1n) is 14.0. The van der Waals surface area contributed by atoms with Crippen molar-refractivity contribution < 1.29 is 62.5 Å². The molecular weight excluding hydrogens is 629 g/mol. The van der Waals surface area contributed by atoms with Crippen LogP contribution in [0.4, 0.5) is 48.3 Å². The molecule has 0 N–H and O–H groups in total. The lowest BCUT2D eigenvalue weighted by Crippen LogP contribution is -2.31. The van der Waals surface area contributed by atoms with Crippen LogP contribution in [-0.4, -0.2) is 13.0 Å². The van der Waals surface area contributed by atoms with E-state index in [1.165, 1.54) is 0 Å². The average molecular weight is 655 g/mol. The molecule has 1 atom stereocenters. The fraction of sp³-hybridized carbons (Fsp3) is 0.419. The molecule has 14 heteroatoms. The smallest absolute Gasteiger partial charge is 0.490 e. The summed E-state index contributed by atoms with van der Waals surface area (Å²) in [5.74, 6) is -13.6. The number of fused-ring (bicyclic) bond motifs is 1. The van der Waals surface area contributed by atoms with Gasteiger partial charge in [-0.3, -0.25) is 0 Å². The molecule has 3 aromatic carbocycles. The maximum absolute atomic E-state index is 15.5. The highest BCUT2D eigenvalue weighted by atomic mass is 19.4. The fourth-order valence-electron chi connectivity index (χ4n) is 6.13. The van der Waals surface area contributed by atoms with Crippen LogP contribution in [0.5, 0.6) is 17.2 Å². The topological polar surface area (TPSA) is 27.7 Å². The molecule has 0 aromatic heterocycles. The minimum atomic E-state index is -5.53. The lowest BCUT2D eigenvalue weighted by atomic mass is 9.73. The number of ether oxygens (including phenoxy) is 3. The van der Waals surface area contributed by atoms with Gasteiger partial charge in [0, 0.05) is 17.7 Å². The van der Waals surface area contributed by atoms with Gasteiger partial charge in [0.15, 0.2) is 23.2 Å². The van der Waals surface area contributed by atoms with E-state index < -0.39 is 75.6 Å². The highest BCUT2D eigenvalue weighted by Gasteiger charge is 2.43. The van der Waals surface area contributed by atoms with Crippen molar-refractivity contribution in [3.63, 3.8) is 0 Å². The van der Waals surface area contributed by atoms with E-state index in [1.807, 2.05) is 0 Å². The summed E-state index contributed by atoms with van der Waals surface area (Å²) in [7, 11) is 0. The van der Waals surface area contributed by atoms with Gasteiger partial charge < -0.3 is 14.2 Å². The number of rotatable bonds is 7. The Hall–Kier alpha value is -3.71. The van der Waals surface area contributed by atoms with Crippen molar-refractivity contribution in [3.8, 4) is 28.4 Å². The van der Waals surface area contributed by atoms with Crippen LogP contribution < -0.4 is 14.2 Å². The summed E-state index contributed by atoms with van der Waals surface area (Å²) in [6, 6.07) is 1.15. The van der Waals surface area contributed by atoms with Crippen molar-refractivity contribution in [2.45, 2.75) is 57.9 Å². The number of benzene rings is 3. The van der Waals surface area contributed by atoms with Crippen LogP contribution in [0.1, 0.15) is 50.2 Å². The molecular formula is C31H25F11O3. The second kappa shape index (κ2) is 12.2. The Morgan fingerprint density at radius 2 is 1.33 bits per heavy atom. The number of hydrogen-bond donors (Lipinski definition) is 0. The molecule has 1 fully saturated rings. The van der Waals surface area contributed by atoms with E-state index in [2.05, 4.69) is 16.4 Å². The van der Waals surface area contributed by atoms with E-state index >= 15 is 8.78 Å². The molecule has 0 spiro atoms. The van der Waals surface area contributed by atoms with Crippen LogP contribution >= 0.6 is 0 Å². The Morgan fingerprint density at radius 3 is 1.89 bits per heavy atom. The zero-order chi connectivity index (χ0) is 32.8. The normalized spacial score (nSPS) is 20.4. The average Bonchev–Trinajstić information content (AvgIpc) is 2.93. The minimum absolute atomic E-state index is 0.0201. The zero-order valence-corrected chi connectivity index (χ0v) is 23.5. The maximum Gasteiger partial charge on any atom is 0.573 e. The molecule has 1 heterocycles. The van der Waals surface area contributed by atoms with Gasteiger partial charge in [0.05, 0.1) is 12.2 Å². The van der Waals surface area contributed by atoms with Crippen molar-refractivity contribution in [2.75, 3.05) is 6.61 Å². The first-order chi connectivity index (χ1) is 21.1. The van der Waals surface area contributed by atoms with Gasteiger partial charge in [-0.1, -0.05) is 26.2 Å². The summed E-state index contributed by atoms with van der Waals surface area (Å²) in [5.41, 5.74) is -3.60. The van der Waals surface area contributed by atoms with Gasteiger partial charge in [-0.2, -0.15) is 8.78 Å². The van der Waals surface area contributed by atoms with Gasteiger partial charge >= 0.3 is 12.5 Å². The third-order valence-corrected chi connectivity index (χ3v) is 8.37. The first-order valence-corrected chi connectivity index (χ1v) is 14.0. The van der Waals surface area contributed by atoms with E-state index in [9.17, 15) is 39.5 Å². The molecule has 3 aromatic rings. The minimum Gasteiger partial charge on any atom is -0.490 e. The third kappa shape index (κ3) is 6.79. The first kappa shape index (κ1) is 32.7. The molecule has 0 amide bonds. The Kier molecular flexibility index (Phi) is 8.89. The standard InChI is InChI=1S/C31H25F11O3/c1-2-14-3-5-15(6-4-14)18-7-17-10-20(32)25(27(37)28(17)43-13-18)16-8-21(33)26(22(34)9-16)30(38,39)44-19-11-23(35)29(24(36)12-19)45-31(40,41)42/h8-12,14-15,18H,2-7,13H2,1H3. The molecule has 3 nitrogen and oxygen atoms in total. The Morgan fingerprint density at radius 1 is 0.733 bits per heavy atom. The highest BCUT2D eigenvalue weighted by molar-refractivity contribution is 5.69. The summed E-state index contributed by atoms with van der Waals surface area (Å²) in [4.78, 5) is 0. The van der Waals surface area contributed by atoms with Crippen LogP contribution in [0.15, 0.2) is 30.3 Å². The van der Waals surface area contributed by atoms with E-state index in [-0.39, 0.29) is 48.1 Å². The summed E-state index contributed by atoms with van der Waals surface area (Å²) in [6.45, 7) is 2.28. The molecule has 0 saturated heterocycles. The molecule has 1 aliphatic heterocycles. The molecule has 244 valence electrons. The quantitative estimate of drug-likeness (QED) is 0.238. The van der Waals surface area contributed by atoms with Gasteiger partial charge in [0.1, 0.15) is 28.8 Å². The molecule has 1 saturated carbocycles. The summed E-state index contributed by atoms with van der Waals surface area (Å²) >= 11 is 0. The molecule has 0 radical (unpaired) electrons. The largest absolute Gasteiger partial charge is 0.573 e. The van der Waals surface area contributed by atoms with Crippen molar-refractivity contribution in [1.29, 1.82) is 0 Å². The van der Waals surface area contributed by atoms with Crippen molar-refractivity contribution in [2.24, 2.45) is 17.8 Å². The third-order valence-electron chi connectivity index (χ3n) is 8.37. The lowest BCUT2D eigenvalue weighted by molar-refractivity contribution is -0.276. The van der Waals surface area contributed by atoms with Crippen molar-refractivity contribution in [1.82, 2.24) is 0 Å². The van der Waals surface area contributed by atoms with E-state index in [4.69, 9.17) is 4.74 Å². The number of hydrogen-bond acceptors (Lipinski definition) is 3. The Labute approximate surface area is 249 Å². The molecule has 0 bridgehead atoms. The highest BCUT2D eigenvalue weighted by Crippen LogP contribution is 2.44. The molecule has 45 heavy (non-hydrogen) atoms. The van der Waals surface area contributed by atoms with Crippen LogP contribution in [0, 0.1) is 52.7 Å². The number of alkyl halides is 5. The van der Waals surface area contributed by atoms with Crippen LogP contribution in [0.3, 0.4) is 0 Å². The maximum atomic E-state index is 15.5. The zero-order valence-electron chi connectivity index (χ0n) is 23.5. The van der Waals surface area contributed by atoms with Crippen LogP contribution in [-0.2, 0) is 12.5 Å². The van der Waals surface area contributed by atoms with Crippen molar-refractivity contribution >= 4 is 0 Å². The Bertz CT molecular complexity index is 1530. The lowest BCUT2D eigenvalue weighted by Gasteiger charge is -2.36. The summed E-state index contributed by atoms with van der Waals surface area (Å²) < 4.78 is 168. The van der Waals surface area contributed by atoms with Gasteiger partial charge in [0.2, 0.25) is 5.75 Å². The molecule has 2 aliphatic rings. The van der Waals surface area contributed by atoms with Crippen LogP contribution in [0.2, 0.25) is 0 Å². The molecule has 5 rings (SSSR count). The Balaban J connectivity index is 1.39. The summed E-state index contributed by atoms with van der Waals surface area (Å²) in [6.07, 6.45) is -5.08. The predicted molar refractivity (Wildman–Crippen MR) is 138 cm³/mol. The van der Waals surface area contributed by atoms with Gasteiger partial charge in [0.25, 0.3) is 0 Å². The van der Waals surface area contributed by atoms with E-state index in [0.717, 1.165) is 38.2 Å². The van der Waals surface area contributed by atoms with Crippen LogP contribution in [0.25, 0.3) is 11.1 Å². The monoisotopic (exact) mass is 654 g/mol. The summed E-state index contributed by atoms with van der Waals surface area (Å²) in [5, 5.41) is 0. The van der Waals surface area contributed by atoms with E-state index in [1.54, 1.807) is 0 Å². The van der Waals surface area contributed by atoms with E-state index in [0.29, 0.717) is 18.3 Å². The van der Waals surface area contributed by atoms with Crippen molar-refractivity contribution in [3.05, 3.63) is 76.4 Å². The molecule has 1 unspecified atom stereocenters. The fourth-order valence-corrected chi connectivity index (χ4v) is 6.13.